The lowest BCUT2D eigenvalue weighted by Crippen LogP contribution is -2.26. The van der Waals surface area contributed by atoms with Crippen molar-refractivity contribution in [3.05, 3.63) is 71.3 Å². The van der Waals surface area contributed by atoms with E-state index in [1.807, 2.05) is 48.5 Å². The maximum absolute atomic E-state index is 11.6. The van der Waals surface area contributed by atoms with Gasteiger partial charge >= 0.3 is 0 Å². The minimum Gasteiger partial charge on any atom is -0.492 e. The van der Waals surface area contributed by atoms with E-state index in [2.05, 4.69) is 5.32 Å². The fraction of sp³-hybridized carbons (Fsp3) is 0.118. The monoisotopic (exact) mass is 301 g/mol. The fourth-order valence-electron chi connectivity index (χ4n) is 1.69. The Morgan fingerprint density at radius 2 is 1.81 bits per heavy atom. The van der Waals surface area contributed by atoms with Crippen molar-refractivity contribution in [2.45, 2.75) is 0 Å². The third-order valence-electron chi connectivity index (χ3n) is 2.73. The summed E-state index contributed by atoms with van der Waals surface area (Å²) in [6, 6.07) is 16.8. The van der Waals surface area contributed by atoms with Crippen LogP contribution in [0.15, 0.2) is 60.7 Å². The molecule has 0 bridgehead atoms. The molecule has 21 heavy (non-hydrogen) atoms. The first kappa shape index (κ1) is 15.1. The molecule has 0 unspecified atom stereocenters. The highest BCUT2D eigenvalue weighted by Crippen LogP contribution is 2.15. The van der Waals surface area contributed by atoms with Gasteiger partial charge in [0.15, 0.2) is 0 Å². The van der Waals surface area contributed by atoms with E-state index in [9.17, 15) is 4.79 Å². The Morgan fingerprint density at radius 1 is 1.10 bits per heavy atom. The highest BCUT2D eigenvalue weighted by atomic mass is 35.5. The number of carbonyl (C=O) groups is 1. The van der Waals surface area contributed by atoms with Crippen LogP contribution in [-0.2, 0) is 4.79 Å². The lowest BCUT2D eigenvalue weighted by Gasteiger charge is -2.06. The Labute approximate surface area is 129 Å². The molecule has 0 aliphatic heterocycles. The maximum Gasteiger partial charge on any atom is 0.244 e. The molecular weight excluding hydrogens is 286 g/mol. The summed E-state index contributed by atoms with van der Waals surface area (Å²) in [6.45, 7) is 0.871. The van der Waals surface area contributed by atoms with E-state index in [0.29, 0.717) is 18.2 Å². The highest BCUT2D eigenvalue weighted by molar-refractivity contribution is 6.32. The van der Waals surface area contributed by atoms with Gasteiger partial charge in [-0.25, -0.2) is 0 Å². The number of hydrogen-bond acceptors (Lipinski definition) is 2. The fourth-order valence-corrected chi connectivity index (χ4v) is 1.89. The van der Waals surface area contributed by atoms with Gasteiger partial charge in [-0.15, -0.1) is 0 Å². The Hall–Kier alpha value is -2.26. The Balaban J connectivity index is 1.72. The first-order valence-corrected chi connectivity index (χ1v) is 7.02. The Morgan fingerprint density at radius 3 is 2.57 bits per heavy atom. The number of halogens is 1. The second-order valence-corrected chi connectivity index (χ2v) is 4.71. The van der Waals surface area contributed by atoms with E-state index in [4.69, 9.17) is 16.3 Å². The van der Waals surface area contributed by atoms with E-state index in [1.165, 1.54) is 6.08 Å². The molecule has 108 valence electrons. The van der Waals surface area contributed by atoms with Crippen LogP contribution in [-0.4, -0.2) is 19.1 Å². The molecule has 0 saturated carbocycles. The largest absolute Gasteiger partial charge is 0.492 e. The molecule has 2 aromatic rings. The molecule has 2 aromatic carbocycles. The minimum atomic E-state index is -0.174. The molecule has 0 aliphatic rings. The molecular formula is C17H16ClNO2. The van der Waals surface area contributed by atoms with Gasteiger partial charge in [0.2, 0.25) is 5.91 Å². The minimum absolute atomic E-state index is 0.174. The van der Waals surface area contributed by atoms with E-state index in [0.717, 1.165) is 11.3 Å². The number of rotatable bonds is 6. The van der Waals surface area contributed by atoms with Gasteiger partial charge in [0.25, 0.3) is 0 Å². The van der Waals surface area contributed by atoms with Gasteiger partial charge in [0, 0.05) is 11.1 Å². The molecule has 3 nitrogen and oxygen atoms in total. The molecule has 0 spiro atoms. The average molecular weight is 302 g/mol. The summed E-state index contributed by atoms with van der Waals surface area (Å²) >= 11 is 6.00. The number of carbonyl (C=O) groups excluding carboxylic acids is 1. The highest BCUT2D eigenvalue weighted by Gasteiger charge is 1.98. The van der Waals surface area contributed by atoms with Crippen LogP contribution in [0.3, 0.4) is 0 Å². The molecule has 1 N–H and O–H groups in total. The Kier molecular flexibility index (Phi) is 5.85. The van der Waals surface area contributed by atoms with Crippen molar-refractivity contribution in [3.63, 3.8) is 0 Å². The summed E-state index contributed by atoms with van der Waals surface area (Å²) in [5.41, 5.74) is 0.815. The molecule has 1 amide bonds. The van der Waals surface area contributed by atoms with Crippen LogP contribution in [0.5, 0.6) is 5.75 Å². The third kappa shape index (κ3) is 5.32. The van der Waals surface area contributed by atoms with Crippen molar-refractivity contribution >= 4 is 23.6 Å². The lowest BCUT2D eigenvalue weighted by atomic mass is 10.2. The van der Waals surface area contributed by atoms with Gasteiger partial charge in [-0.3, -0.25) is 4.79 Å². The molecule has 0 radical (unpaired) electrons. The zero-order chi connectivity index (χ0) is 14.9. The smallest absolute Gasteiger partial charge is 0.244 e. The van der Waals surface area contributed by atoms with Crippen molar-refractivity contribution < 1.29 is 9.53 Å². The summed E-state index contributed by atoms with van der Waals surface area (Å²) in [7, 11) is 0. The predicted octanol–water partition coefficient (Wildman–Crippen LogP) is 3.55. The first-order chi connectivity index (χ1) is 10.3. The zero-order valence-electron chi connectivity index (χ0n) is 11.5. The van der Waals surface area contributed by atoms with Crippen molar-refractivity contribution in [1.29, 1.82) is 0 Å². The SMILES string of the molecule is O=C(/C=C/c1ccccc1Cl)NCCOc1ccccc1. The van der Waals surface area contributed by atoms with E-state index in [1.54, 1.807) is 12.1 Å². The van der Waals surface area contributed by atoms with Crippen molar-refractivity contribution in [3.8, 4) is 5.75 Å². The van der Waals surface area contributed by atoms with Gasteiger partial charge in [0.05, 0.1) is 6.54 Å². The van der Waals surface area contributed by atoms with Crippen LogP contribution in [0.25, 0.3) is 6.08 Å². The normalized spacial score (nSPS) is 10.5. The van der Waals surface area contributed by atoms with Gasteiger partial charge < -0.3 is 10.1 Å². The summed E-state index contributed by atoms with van der Waals surface area (Å²) in [5, 5.41) is 3.37. The molecule has 0 fully saturated rings. The quantitative estimate of drug-likeness (QED) is 0.654. The predicted molar refractivity (Wildman–Crippen MR) is 85.4 cm³/mol. The number of nitrogens with one attached hydrogen (secondary N) is 1. The van der Waals surface area contributed by atoms with Crippen molar-refractivity contribution in [2.24, 2.45) is 0 Å². The molecule has 0 aromatic heterocycles. The first-order valence-electron chi connectivity index (χ1n) is 6.64. The van der Waals surface area contributed by atoms with Crippen LogP contribution >= 0.6 is 11.6 Å². The van der Waals surface area contributed by atoms with Crippen LogP contribution in [0.2, 0.25) is 5.02 Å². The summed E-state index contributed by atoms with van der Waals surface area (Å²) in [6.07, 6.45) is 3.15. The van der Waals surface area contributed by atoms with Crippen LogP contribution in [0, 0.1) is 0 Å². The topological polar surface area (TPSA) is 38.3 Å². The number of ether oxygens (including phenoxy) is 1. The van der Waals surface area contributed by atoms with Crippen LogP contribution < -0.4 is 10.1 Å². The molecule has 0 saturated heterocycles. The second-order valence-electron chi connectivity index (χ2n) is 4.31. The summed E-state index contributed by atoms with van der Waals surface area (Å²) in [4.78, 5) is 11.6. The second kappa shape index (κ2) is 8.12. The number of amides is 1. The summed E-state index contributed by atoms with van der Waals surface area (Å²) in [5.74, 6) is 0.616. The molecule has 2 rings (SSSR count). The van der Waals surface area contributed by atoms with Gasteiger partial charge in [-0.05, 0) is 29.8 Å². The van der Waals surface area contributed by atoms with Gasteiger partial charge in [-0.2, -0.15) is 0 Å². The Bertz CT molecular complexity index is 611. The number of para-hydroxylation sites is 1. The maximum atomic E-state index is 11.6. The van der Waals surface area contributed by atoms with E-state index >= 15 is 0 Å². The van der Waals surface area contributed by atoms with E-state index in [-0.39, 0.29) is 5.91 Å². The van der Waals surface area contributed by atoms with E-state index < -0.39 is 0 Å². The average Bonchev–Trinajstić information content (AvgIpc) is 2.52. The lowest BCUT2D eigenvalue weighted by molar-refractivity contribution is -0.116. The van der Waals surface area contributed by atoms with Crippen LogP contribution in [0.4, 0.5) is 0 Å². The standard InChI is InChI=1S/C17H16ClNO2/c18-16-9-5-4-6-14(16)10-11-17(20)19-12-13-21-15-7-2-1-3-8-15/h1-11H,12-13H2,(H,19,20)/b11-10+. The zero-order valence-corrected chi connectivity index (χ0v) is 12.2. The van der Waals surface area contributed by atoms with Gasteiger partial charge in [-0.1, -0.05) is 48.0 Å². The van der Waals surface area contributed by atoms with Crippen molar-refractivity contribution in [2.75, 3.05) is 13.2 Å². The number of benzene rings is 2. The molecule has 4 heteroatoms. The molecule has 0 aliphatic carbocycles. The van der Waals surface area contributed by atoms with Gasteiger partial charge in [0.1, 0.15) is 12.4 Å². The molecule has 0 heterocycles. The molecule has 0 atom stereocenters. The van der Waals surface area contributed by atoms with Crippen LogP contribution in [0.1, 0.15) is 5.56 Å². The van der Waals surface area contributed by atoms with Crippen molar-refractivity contribution in [1.82, 2.24) is 5.32 Å². The number of hydrogen-bond donors (Lipinski definition) is 1. The third-order valence-corrected chi connectivity index (χ3v) is 3.08. The summed E-state index contributed by atoms with van der Waals surface area (Å²) < 4.78 is 5.48.